The molecule has 0 N–H and O–H groups in total. The molecule has 0 spiro atoms. The first-order valence-electron chi connectivity index (χ1n) is 6.94. The Balaban J connectivity index is 1.89. The van der Waals surface area contributed by atoms with E-state index >= 15 is 0 Å². The summed E-state index contributed by atoms with van der Waals surface area (Å²) in [6.45, 7) is 0.105. The number of hydrogen-bond acceptors (Lipinski definition) is 3. The number of carbonyl (C=O) groups is 1. The lowest BCUT2D eigenvalue weighted by atomic mass is 10.2. The van der Waals surface area contributed by atoms with Crippen LogP contribution < -0.4 is 4.74 Å². The van der Waals surface area contributed by atoms with Gasteiger partial charge in [-0.25, -0.2) is 8.78 Å². The molecule has 1 amide bonds. The molecule has 0 aliphatic carbocycles. The Hall–Kier alpha value is -2.08. The largest absolute Gasteiger partial charge is 0.497 e. The van der Waals surface area contributed by atoms with Gasteiger partial charge in [0.1, 0.15) is 17.4 Å². The topological polar surface area (TPSA) is 29.5 Å². The van der Waals surface area contributed by atoms with Crippen LogP contribution in [0.4, 0.5) is 8.78 Å². The fraction of sp³-hybridized carbons (Fsp3) is 0.235. The summed E-state index contributed by atoms with van der Waals surface area (Å²) >= 11 is 1.39. The van der Waals surface area contributed by atoms with E-state index in [4.69, 9.17) is 4.74 Å². The standard InChI is InChI=1S/C17H17F2NO2S/c1-20(10-12-3-4-13(18)9-16(12)19)17(21)11-23-15-7-5-14(22-2)6-8-15/h3-9H,10-11H2,1-2H3. The van der Waals surface area contributed by atoms with E-state index in [1.807, 2.05) is 24.3 Å². The number of carbonyl (C=O) groups excluding carboxylic acids is 1. The first kappa shape index (κ1) is 17.3. The number of thioether (sulfide) groups is 1. The zero-order chi connectivity index (χ0) is 16.8. The van der Waals surface area contributed by atoms with E-state index in [1.165, 1.54) is 28.8 Å². The maximum atomic E-state index is 13.6. The van der Waals surface area contributed by atoms with Crippen molar-refractivity contribution >= 4 is 17.7 Å². The number of rotatable bonds is 6. The van der Waals surface area contributed by atoms with Crippen molar-refractivity contribution in [3.05, 3.63) is 59.7 Å². The minimum atomic E-state index is -0.646. The summed E-state index contributed by atoms with van der Waals surface area (Å²) in [5, 5.41) is 0. The van der Waals surface area contributed by atoms with Gasteiger partial charge in [-0.3, -0.25) is 4.79 Å². The van der Waals surface area contributed by atoms with Gasteiger partial charge in [-0.05, 0) is 30.3 Å². The van der Waals surface area contributed by atoms with Crippen molar-refractivity contribution in [2.45, 2.75) is 11.4 Å². The maximum absolute atomic E-state index is 13.6. The molecule has 0 atom stereocenters. The molecule has 2 aromatic rings. The lowest BCUT2D eigenvalue weighted by Gasteiger charge is -2.17. The molecule has 3 nitrogen and oxygen atoms in total. The Bertz CT molecular complexity index is 677. The van der Waals surface area contributed by atoms with Gasteiger partial charge in [-0.15, -0.1) is 11.8 Å². The van der Waals surface area contributed by atoms with Crippen LogP contribution in [-0.2, 0) is 11.3 Å². The summed E-state index contributed by atoms with van der Waals surface area (Å²) in [7, 11) is 3.19. The summed E-state index contributed by atoms with van der Waals surface area (Å²) in [4.78, 5) is 14.5. The van der Waals surface area contributed by atoms with Gasteiger partial charge in [0, 0.05) is 30.1 Å². The zero-order valence-electron chi connectivity index (χ0n) is 12.9. The molecule has 0 heterocycles. The second-order valence-corrected chi connectivity index (χ2v) is 6.00. The monoisotopic (exact) mass is 337 g/mol. The van der Waals surface area contributed by atoms with E-state index < -0.39 is 11.6 Å². The van der Waals surface area contributed by atoms with E-state index in [0.29, 0.717) is 0 Å². The first-order chi connectivity index (χ1) is 11.0. The summed E-state index contributed by atoms with van der Waals surface area (Å²) in [5.41, 5.74) is 0.289. The molecule has 0 radical (unpaired) electrons. The molecule has 23 heavy (non-hydrogen) atoms. The van der Waals surface area contributed by atoms with Gasteiger partial charge in [-0.1, -0.05) is 6.07 Å². The summed E-state index contributed by atoms with van der Waals surface area (Å²) in [6, 6.07) is 10.7. The predicted molar refractivity (Wildman–Crippen MR) is 86.6 cm³/mol. The fourth-order valence-electron chi connectivity index (χ4n) is 1.92. The molecule has 0 unspecified atom stereocenters. The Morgan fingerprint density at radius 1 is 1.17 bits per heavy atom. The third kappa shape index (κ3) is 4.96. The van der Waals surface area contributed by atoms with Crippen LogP contribution in [0.5, 0.6) is 5.75 Å². The first-order valence-corrected chi connectivity index (χ1v) is 7.93. The normalized spacial score (nSPS) is 10.4. The molecule has 0 aromatic heterocycles. The summed E-state index contributed by atoms with van der Waals surface area (Å²) in [6.07, 6.45) is 0. The van der Waals surface area contributed by atoms with Gasteiger partial charge in [-0.2, -0.15) is 0 Å². The Labute approximate surface area is 138 Å². The average molecular weight is 337 g/mol. The number of methoxy groups -OCH3 is 1. The van der Waals surface area contributed by atoms with Gasteiger partial charge < -0.3 is 9.64 Å². The van der Waals surface area contributed by atoms with Crippen molar-refractivity contribution in [2.24, 2.45) is 0 Å². The lowest BCUT2D eigenvalue weighted by Crippen LogP contribution is -2.28. The Morgan fingerprint density at radius 3 is 2.48 bits per heavy atom. The molecule has 0 aliphatic heterocycles. The molecular weight excluding hydrogens is 320 g/mol. The number of amides is 1. The smallest absolute Gasteiger partial charge is 0.232 e. The van der Waals surface area contributed by atoms with E-state index in [-0.39, 0.29) is 23.8 Å². The fourth-order valence-corrected chi connectivity index (χ4v) is 2.76. The molecular formula is C17H17F2NO2S. The van der Waals surface area contributed by atoms with E-state index in [1.54, 1.807) is 14.2 Å². The number of ether oxygens (including phenoxy) is 1. The molecule has 0 aliphatic rings. The SMILES string of the molecule is COc1ccc(SCC(=O)N(C)Cc2ccc(F)cc2F)cc1. The van der Waals surface area contributed by atoms with Crippen LogP contribution in [0.3, 0.4) is 0 Å². The second-order valence-electron chi connectivity index (χ2n) is 4.95. The van der Waals surface area contributed by atoms with Crippen LogP contribution in [0.15, 0.2) is 47.4 Å². The molecule has 2 aromatic carbocycles. The summed E-state index contributed by atoms with van der Waals surface area (Å²) < 4.78 is 31.5. The Kier molecular flexibility index (Phi) is 5.98. The quantitative estimate of drug-likeness (QED) is 0.753. The molecule has 122 valence electrons. The summed E-state index contributed by atoms with van der Waals surface area (Å²) in [5.74, 6) is -0.409. The highest BCUT2D eigenvalue weighted by atomic mass is 32.2. The highest BCUT2D eigenvalue weighted by Gasteiger charge is 2.12. The zero-order valence-corrected chi connectivity index (χ0v) is 13.7. The number of nitrogens with zero attached hydrogens (tertiary/aromatic N) is 1. The van der Waals surface area contributed by atoms with Crippen molar-refractivity contribution in [2.75, 3.05) is 19.9 Å². The highest BCUT2D eigenvalue weighted by Crippen LogP contribution is 2.22. The van der Waals surface area contributed by atoms with Crippen molar-refractivity contribution < 1.29 is 18.3 Å². The van der Waals surface area contributed by atoms with Gasteiger partial charge in [0.05, 0.1) is 12.9 Å². The minimum Gasteiger partial charge on any atom is -0.497 e. The van der Waals surface area contributed by atoms with E-state index in [0.717, 1.165) is 16.7 Å². The van der Waals surface area contributed by atoms with Gasteiger partial charge in [0.25, 0.3) is 0 Å². The van der Waals surface area contributed by atoms with Gasteiger partial charge in [0.15, 0.2) is 0 Å². The van der Waals surface area contributed by atoms with Gasteiger partial charge >= 0.3 is 0 Å². The van der Waals surface area contributed by atoms with Crippen molar-refractivity contribution in [3.8, 4) is 5.75 Å². The van der Waals surface area contributed by atoms with Crippen molar-refractivity contribution in [1.82, 2.24) is 4.90 Å². The van der Waals surface area contributed by atoms with E-state index in [9.17, 15) is 13.6 Å². The molecule has 0 saturated heterocycles. The third-order valence-electron chi connectivity index (χ3n) is 3.27. The molecule has 6 heteroatoms. The van der Waals surface area contributed by atoms with Crippen molar-refractivity contribution in [3.63, 3.8) is 0 Å². The average Bonchev–Trinajstić information content (AvgIpc) is 2.55. The highest BCUT2D eigenvalue weighted by molar-refractivity contribution is 8.00. The molecule has 2 rings (SSSR count). The molecule has 0 bridgehead atoms. The van der Waals surface area contributed by atoms with Crippen LogP contribution in [0.2, 0.25) is 0 Å². The Morgan fingerprint density at radius 2 is 1.87 bits per heavy atom. The van der Waals surface area contributed by atoms with E-state index in [2.05, 4.69) is 0 Å². The number of halogens is 2. The van der Waals surface area contributed by atoms with Crippen LogP contribution in [-0.4, -0.2) is 30.7 Å². The molecule has 0 fully saturated rings. The second kappa shape index (κ2) is 7.97. The van der Waals surface area contributed by atoms with Crippen LogP contribution >= 0.6 is 11.8 Å². The number of hydrogen-bond donors (Lipinski definition) is 0. The maximum Gasteiger partial charge on any atom is 0.232 e. The van der Waals surface area contributed by atoms with Crippen LogP contribution in [0, 0.1) is 11.6 Å². The lowest BCUT2D eigenvalue weighted by molar-refractivity contribution is -0.127. The van der Waals surface area contributed by atoms with Gasteiger partial charge in [0.2, 0.25) is 5.91 Å². The number of benzene rings is 2. The minimum absolute atomic E-state index is 0.105. The van der Waals surface area contributed by atoms with Crippen LogP contribution in [0.1, 0.15) is 5.56 Å². The molecule has 0 saturated carbocycles. The third-order valence-corrected chi connectivity index (χ3v) is 4.27. The van der Waals surface area contributed by atoms with Crippen molar-refractivity contribution in [1.29, 1.82) is 0 Å². The van der Waals surface area contributed by atoms with Crippen LogP contribution in [0.25, 0.3) is 0 Å². The predicted octanol–water partition coefficient (Wildman–Crippen LogP) is 3.72.